The molecule has 0 aliphatic carbocycles. The Labute approximate surface area is 153 Å². The van der Waals surface area contributed by atoms with Crippen molar-refractivity contribution in [3.8, 4) is 0 Å². The van der Waals surface area contributed by atoms with Crippen molar-refractivity contribution in [1.82, 2.24) is 15.5 Å². The number of hydrogen-bond acceptors (Lipinski definition) is 4. The molecular formula is C20H25N3O3. The van der Waals surface area contributed by atoms with Crippen LogP contribution in [0.2, 0.25) is 0 Å². The number of nitrogens with zero attached hydrogens (tertiary/aromatic N) is 1. The molecule has 0 spiro atoms. The van der Waals surface area contributed by atoms with Crippen molar-refractivity contribution < 1.29 is 14.0 Å². The second kappa shape index (κ2) is 8.67. The first-order chi connectivity index (χ1) is 12.6. The van der Waals surface area contributed by atoms with Crippen LogP contribution in [0.3, 0.4) is 0 Å². The predicted octanol–water partition coefficient (Wildman–Crippen LogP) is 2.27. The average molecular weight is 355 g/mol. The van der Waals surface area contributed by atoms with Gasteiger partial charge in [-0.05, 0) is 44.5 Å². The van der Waals surface area contributed by atoms with Crippen molar-refractivity contribution in [2.24, 2.45) is 0 Å². The van der Waals surface area contributed by atoms with Gasteiger partial charge in [-0.3, -0.25) is 14.5 Å². The molecule has 1 aromatic heterocycles. The quantitative estimate of drug-likeness (QED) is 0.799. The Balaban J connectivity index is 1.54. The minimum Gasteiger partial charge on any atom is -0.472 e. The van der Waals surface area contributed by atoms with E-state index in [1.54, 1.807) is 6.07 Å². The third kappa shape index (κ3) is 4.73. The maximum absolute atomic E-state index is 12.2. The third-order valence-corrected chi connectivity index (χ3v) is 4.73. The van der Waals surface area contributed by atoms with Gasteiger partial charge in [-0.1, -0.05) is 29.8 Å². The fourth-order valence-electron chi connectivity index (χ4n) is 3.23. The van der Waals surface area contributed by atoms with Crippen LogP contribution in [0.1, 0.15) is 40.4 Å². The molecule has 2 aromatic rings. The largest absolute Gasteiger partial charge is 0.472 e. The number of carbonyl (C=O) groups is 2. The van der Waals surface area contributed by atoms with E-state index < -0.39 is 0 Å². The molecule has 1 aromatic carbocycles. The van der Waals surface area contributed by atoms with Crippen LogP contribution < -0.4 is 10.6 Å². The summed E-state index contributed by atoms with van der Waals surface area (Å²) in [6, 6.07) is 10.2. The first-order valence-corrected chi connectivity index (χ1v) is 9.01. The highest BCUT2D eigenvalue weighted by molar-refractivity contribution is 5.96. The van der Waals surface area contributed by atoms with Gasteiger partial charge in [0, 0.05) is 6.54 Å². The minimum atomic E-state index is -0.316. The lowest BCUT2D eigenvalue weighted by Crippen LogP contribution is -2.41. The van der Waals surface area contributed by atoms with E-state index in [-0.39, 0.29) is 24.4 Å². The molecule has 1 saturated heterocycles. The molecule has 0 bridgehead atoms. The molecule has 2 amide bonds. The predicted molar refractivity (Wildman–Crippen MR) is 98.8 cm³/mol. The van der Waals surface area contributed by atoms with E-state index in [0.717, 1.165) is 13.1 Å². The highest BCUT2D eigenvalue weighted by Gasteiger charge is 2.24. The van der Waals surface area contributed by atoms with Crippen molar-refractivity contribution in [1.29, 1.82) is 0 Å². The maximum atomic E-state index is 12.2. The number of likely N-dealkylation sites (tertiary alicyclic amines) is 1. The highest BCUT2D eigenvalue weighted by atomic mass is 16.3. The van der Waals surface area contributed by atoms with Gasteiger partial charge in [0.25, 0.3) is 5.91 Å². The minimum absolute atomic E-state index is 0.0510. The molecule has 1 unspecified atom stereocenters. The molecule has 0 saturated carbocycles. The van der Waals surface area contributed by atoms with Crippen LogP contribution in [0.4, 0.5) is 0 Å². The molecule has 0 radical (unpaired) electrons. The summed E-state index contributed by atoms with van der Waals surface area (Å²) in [6.45, 7) is 4.64. The normalized spacial score (nSPS) is 15.6. The van der Waals surface area contributed by atoms with Crippen LogP contribution in [-0.2, 0) is 4.79 Å². The van der Waals surface area contributed by atoms with E-state index in [9.17, 15) is 9.59 Å². The van der Waals surface area contributed by atoms with Crippen molar-refractivity contribution >= 4 is 11.8 Å². The van der Waals surface area contributed by atoms with Gasteiger partial charge in [0.15, 0.2) is 0 Å². The Hall–Kier alpha value is -2.60. The summed E-state index contributed by atoms with van der Waals surface area (Å²) in [5.74, 6) is -0.512. The van der Waals surface area contributed by atoms with Crippen LogP contribution in [0.25, 0.3) is 0 Å². The number of hydrogen-bond donors (Lipinski definition) is 2. The van der Waals surface area contributed by atoms with Crippen molar-refractivity contribution in [3.63, 3.8) is 0 Å². The lowest BCUT2D eigenvalue weighted by molar-refractivity contribution is -0.120. The van der Waals surface area contributed by atoms with Crippen LogP contribution in [0, 0.1) is 6.92 Å². The zero-order valence-electron chi connectivity index (χ0n) is 15.0. The Morgan fingerprint density at radius 2 is 1.85 bits per heavy atom. The number of nitrogens with one attached hydrogen (secondary N) is 2. The molecule has 1 aliphatic rings. The lowest BCUT2D eigenvalue weighted by atomic mass is 10.0. The topological polar surface area (TPSA) is 74.6 Å². The number of aryl methyl sites for hydroxylation is 1. The van der Waals surface area contributed by atoms with Gasteiger partial charge in [0.05, 0.1) is 24.4 Å². The van der Waals surface area contributed by atoms with Gasteiger partial charge < -0.3 is 15.1 Å². The maximum Gasteiger partial charge on any atom is 0.254 e. The molecule has 2 N–H and O–H groups in total. The molecule has 1 fully saturated rings. The van der Waals surface area contributed by atoms with Gasteiger partial charge in [-0.15, -0.1) is 0 Å². The first-order valence-electron chi connectivity index (χ1n) is 9.01. The SMILES string of the molecule is Cc1ccc(C(CNC(=O)CNC(=O)c2ccoc2)N2CCCC2)cc1. The summed E-state index contributed by atoms with van der Waals surface area (Å²) in [7, 11) is 0. The van der Waals surface area contributed by atoms with Crippen LogP contribution in [0.15, 0.2) is 47.3 Å². The van der Waals surface area contributed by atoms with E-state index in [4.69, 9.17) is 4.42 Å². The Morgan fingerprint density at radius 1 is 1.12 bits per heavy atom. The van der Waals surface area contributed by atoms with Gasteiger partial charge >= 0.3 is 0 Å². The highest BCUT2D eigenvalue weighted by Crippen LogP contribution is 2.24. The van der Waals surface area contributed by atoms with Gasteiger partial charge in [0.1, 0.15) is 6.26 Å². The lowest BCUT2D eigenvalue weighted by Gasteiger charge is -2.28. The Kier molecular flexibility index (Phi) is 6.07. The smallest absolute Gasteiger partial charge is 0.254 e. The summed E-state index contributed by atoms with van der Waals surface area (Å²) in [5.41, 5.74) is 2.84. The van der Waals surface area contributed by atoms with Gasteiger partial charge in [0.2, 0.25) is 5.91 Å². The number of carbonyl (C=O) groups excluding carboxylic acids is 2. The molecule has 138 valence electrons. The van der Waals surface area contributed by atoms with Crippen LogP contribution in [-0.4, -0.2) is 42.9 Å². The van der Waals surface area contributed by atoms with E-state index in [0.29, 0.717) is 12.1 Å². The zero-order chi connectivity index (χ0) is 18.4. The zero-order valence-corrected chi connectivity index (χ0v) is 15.0. The van der Waals surface area contributed by atoms with Crippen molar-refractivity contribution in [3.05, 3.63) is 59.5 Å². The second-order valence-corrected chi connectivity index (χ2v) is 6.67. The first kappa shape index (κ1) is 18.2. The summed E-state index contributed by atoms with van der Waals surface area (Å²) in [5, 5.41) is 5.56. The van der Waals surface area contributed by atoms with E-state index >= 15 is 0 Å². The standard InChI is InChI=1S/C20H25N3O3/c1-15-4-6-16(7-5-15)18(23-9-2-3-10-23)12-21-19(24)13-22-20(25)17-8-11-26-14-17/h4-8,11,14,18H,2-3,9-10,12-13H2,1H3,(H,21,24)(H,22,25). The number of rotatable bonds is 7. The summed E-state index contributed by atoms with van der Waals surface area (Å²) < 4.78 is 4.87. The van der Waals surface area contributed by atoms with Crippen molar-refractivity contribution in [2.45, 2.75) is 25.8 Å². The van der Waals surface area contributed by atoms with Crippen molar-refractivity contribution in [2.75, 3.05) is 26.2 Å². The van der Waals surface area contributed by atoms with Crippen LogP contribution >= 0.6 is 0 Å². The molecule has 6 heteroatoms. The van der Waals surface area contributed by atoms with Gasteiger partial charge in [-0.2, -0.15) is 0 Å². The van der Waals surface area contributed by atoms with E-state index in [2.05, 4.69) is 46.7 Å². The number of amides is 2. The molecule has 3 rings (SSSR count). The van der Waals surface area contributed by atoms with E-state index in [1.165, 1.54) is 36.5 Å². The Morgan fingerprint density at radius 3 is 2.50 bits per heavy atom. The molecule has 2 heterocycles. The number of furan rings is 1. The van der Waals surface area contributed by atoms with Crippen LogP contribution in [0.5, 0.6) is 0 Å². The molecule has 1 aliphatic heterocycles. The monoisotopic (exact) mass is 355 g/mol. The summed E-state index contributed by atoms with van der Waals surface area (Å²) in [4.78, 5) is 26.4. The average Bonchev–Trinajstić information content (AvgIpc) is 3.35. The second-order valence-electron chi connectivity index (χ2n) is 6.67. The van der Waals surface area contributed by atoms with Gasteiger partial charge in [-0.25, -0.2) is 0 Å². The molecule has 6 nitrogen and oxygen atoms in total. The number of benzene rings is 1. The summed E-state index contributed by atoms with van der Waals surface area (Å²) >= 11 is 0. The molecule has 26 heavy (non-hydrogen) atoms. The Bertz CT molecular complexity index is 719. The third-order valence-electron chi connectivity index (χ3n) is 4.73. The fraction of sp³-hybridized carbons (Fsp3) is 0.400. The van der Waals surface area contributed by atoms with E-state index in [1.807, 2.05) is 0 Å². The molecular weight excluding hydrogens is 330 g/mol. The fourth-order valence-corrected chi connectivity index (χ4v) is 3.23. The summed E-state index contributed by atoms with van der Waals surface area (Å²) in [6.07, 6.45) is 5.17. The molecule has 1 atom stereocenters.